The van der Waals surface area contributed by atoms with Crippen LogP contribution in [-0.4, -0.2) is 24.0 Å². The summed E-state index contributed by atoms with van der Waals surface area (Å²) in [5.41, 5.74) is 0.944. The molecule has 0 saturated heterocycles. The molecule has 4 heteroatoms. The largest absolute Gasteiger partial charge is 0.478 e. The van der Waals surface area contributed by atoms with E-state index in [-0.39, 0.29) is 11.5 Å². The van der Waals surface area contributed by atoms with Gasteiger partial charge in [0.05, 0.1) is 5.56 Å². The maximum Gasteiger partial charge on any atom is 0.335 e. The van der Waals surface area contributed by atoms with Gasteiger partial charge in [-0.25, -0.2) is 4.79 Å². The number of anilines is 1. The van der Waals surface area contributed by atoms with E-state index in [0.29, 0.717) is 6.42 Å². The summed E-state index contributed by atoms with van der Waals surface area (Å²) in [7, 11) is 1.70. The molecule has 17 heavy (non-hydrogen) atoms. The van der Waals surface area contributed by atoms with E-state index in [9.17, 15) is 9.59 Å². The summed E-state index contributed by atoms with van der Waals surface area (Å²) in [6.45, 7) is 2.04. The molecule has 1 aromatic rings. The topological polar surface area (TPSA) is 57.6 Å². The van der Waals surface area contributed by atoms with E-state index in [2.05, 4.69) is 0 Å². The number of carbonyl (C=O) groups is 2. The first kappa shape index (κ1) is 13.2. The molecule has 0 aliphatic rings. The number of rotatable bonds is 5. The number of carboxylic acid groups (broad SMARTS) is 1. The molecular formula is C13H17NO3. The zero-order valence-corrected chi connectivity index (χ0v) is 10.1. The third-order valence-corrected chi connectivity index (χ3v) is 2.62. The van der Waals surface area contributed by atoms with Gasteiger partial charge in [0.2, 0.25) is 5.91 Å². The molecule has 0 radical (unpaired) electrons. The second-order valence-corrected chi connectivity index (χ2v) is 3.91. The van der Waals surface area contributed by atoms with Gasteiger partial charge in [-0.2, -0.15) is 0 Å². The van der Waals surface area contributed by atoms with E-state index >= 15 is 0 Å². The van der Waals surface area contributed by atoms with E-state index in [1.165, 1.54) is 12.1 Å². The van der Waals surface area contributed by atoms with E-state index < -0.39 is 5.97 Å². The molecule has 0 bridgehead atoms. The van der Waals surface area contributed by atoms with E-state index in [1.807, 2.05) is 6.92 Å². The summed E-state index contributed by atoms with van der Waals surface area (Å²) in [6, 6.07) is 6.29. The number of unbranched alkanes of at least 4 members (excludes halogenated alkanes) is 1. The fraction of sp³-hybridized carbons (Fsp3) is 0.385. The molecule has 0 atom stereocenters. The maximum atomic E-state index is 11.7. The Morgan fingerprint density at radius 1 is 1.24 bits per heavy atom. The fourth-order valence-corrected chi connectivity index (χ4v) is 1.47. The highest BCUT2D eigenvalue weighted by Crippen LogP contribution is 2.15. The predicted octanol–water partition coefficient (Wildman–Crippen LogP) is 2.54. The summed E-state index contributed by atoms with van der Waals surface area (Å²) >= 11 is 0. The number of hydrogen-bond donors (Lipinski definition) is 1. The summed E-state index contributed by atoms with van der Waals surface area (Å²) < 4.78 is 0. The molecule has 0 heterocycles. The average molecular weight is 235 g/mol. The van der Waals surface area contributed by atoms with Crippen LogP contribution in [0.1, 0.15) is 36.5 Å². The highest BCUT2D eigenvalue weighted by Gasteiger charge is 2.10. The Labute approximate surface area is 101 Å². The molecule has 1 aromatic carbocycles. The Kier molecular flexibility index (Phi) is 4.69. The van der Waals surface area contributed by atoms with Gasteiger partial charge in [-0.05, 0) is 30.7 Å². The number of hydrogen-bond acceptors (Lipinski definition) is 2. The zero-order valence-electron chi connectivity index (χ0n) is 10.1. The number of amides is 1. The second kappa shape index (κ2) is 6.03. The molecule has 0 aromatic heterocycles. The zero-order chi connectivity index (χ0) is 12.8. The van der Waals surface area contributed by atoms with Crippen LogP contribution in [0.25, 0.3) is 0 Å². The lowest BCUT2D eigenvalue weighted by Crippen LogP contribution is -2.25. The fourth-order valence-electron chi connectivity index (χ4n) is 1.47. The quantitative estimate of drug-likeness (QED) is 0.853. The summed E-state index contributed by atoms with van der Waals surface area (Å²) in [4.78, 5) is 24.0. The molecule has 4 nitrogen and oxygen atoms in total. The lowest BCUT2D eigenvalue weighted by Gasteiger charge is -2.17. The molecule has 0 unspecified atom stereocenters. The minimum absolute atomic E-state index is 0.0509. The lowest BCUT2D eigenvalue weighted by molar-refractivity contribution is -0.118. The smallest absolute Gasteiger partial charge is 0.335 e. The van der Waals surface area contributed by atoms with Crippen molar-refractivity contribution in [3.63, 3.8) is 0 Å². The van der Waals surface area contributed by atoms with Crippen LogP contribution in [0.5, 0.6) is 0 Å². The highest BCUT2D eigenvalue weighted by atomic mass is 16.4. The maximum absolute atomic E-state index is 11.7. The van der Waals surface area contributed by atoms with Gasteiger partial charge in [0, 0.05) is 19.2 Å². The Balaban J connectivity index is 2.72. The van der Waals surface area contributed by atoms with Gasteiger partial charge in [0.15, 0.2) is 0 Å². The van der Waals surface area contributed by atoms with Gasteiger partial charge >= 0.3 is 5.97 Å². The van der Waals surface area contributed by atoms with Crippen molar-refractivity contribution in [2.75, 3.05) is 11.9 Å². The summed E-state index contributed by atoms with van der Waals surface area (Å²) in [5, 5.41) is 8.76. The molecule has 92 valence electrons. The van der Waals surface area contributed by atoms with Crippen LogP contribution in [0.2, 0.25) is 0 Å². The summed E-state index contributed by atoms with van der Waals surface area (Å²) in [6.07, 6.45) is 2.38. The molecule has 1 N–H and O–H groups in total. The van der Waals surface area contributed by atoms with Crippen molar-refractivity contribution in [3.05, 3.63) is 29.8 Å². The number of nitrogens with zero attached hydrogens (tertiary/aromatic N) is 1. The van der Waals surface area contributed by atoms with Gasteiger partial charge < -0.3 is 10.0 Å². The molecular weight excluding hydrogens is 218 g/mol. The van der Waals surface area contributed by atoms with Crippen LogP contribution in [0.4, 0.5) is 5.69 Å². The monoisotopic (exact) mass is 235 g/mol. The predicted molar refractivity (Wildman–Crippen MR) is 66.3 cm³/mol. The molecule has 1 rings (SSSR count). The number of carbonyl (C=O) groups excluding carboxylic acids is 1. The van der Waals surface area contributed by atoms with E-state index in [0.717, 1.165) is 18.5 Å². The Bertz CT molecular complexity index is 398. The van der Waals surface area contributed by atoms with Crippen LogP contribution < -0.4 is 4.90 Å². The van der Waals surface area contributed by atoms with Crippen LogP contribution in [-0.2, 0) is 4.79 Å². The normalized spacial score (nSPS) is 10.0. The standard InChI is InChI=1S/C13H17NO3/c1-3-4-5-12(15)14(2)11-8-6-10(7-9-11)13(16)17/h6-9H,3-5H2,1-2H3,(H,16,17). The third-order valence-electron chi connectivity index (χ3n) is 2.62. The van der Waals surface area contributed by atoms with Crippen molar-refractivity contribution in [1.29, 1.82) is 0 Å². The van der Waals surface area contributed by atoms with E-state index in [1.54, 1.807) is 24.1 Å². The van der Waals surface area contributed by atoms with Crippen molar-refractivity contribution < 1.29 is 14.7 Å². The lowest BCUT2D eigenvalue weighted by atomic mass is 10.2. The van der Waals surface area contributed by atoms with E-state index in [4.69, 9.17) is 5.11 Å². The average Bonchev–Trinajstić information content (AvgIpc) is 2.35. The van der Waals surface area contributed by atoms with Crippen LogP contribution in [0.15, 0.2) is 24.3 Å². The molecule has 0 aliphatic heterocycles. The van der Waals surface area contributed by atoms with Crippen LogP contribution in [0, 0.1) is 0 Å². The van der Waals surface area contributed by atoms with Crippen molar-refractivity contribution in [1.82, 2.24) is 0 Å². The number of benzene rings is 1. The Morgan fingerprint density at radius 3 is 2.29 bits per heavy atom. The number of carboxylic acids is 1. The molecule has 0 spiro atoms. The second-order valence-electron chi connectivity index (χ2n) is 3.91. The Morgan fingerprint density at radius 2 is 1.82 bits per heavy atom. The van der Waals surface area contributed by atoms with Gasteiger partial charge in [-0.15, -0.1) is 0 Å². The minimum atomic E-state index is -0.962. The first-order chi connectivity index (χ1) is 8.06. The van der Waals surface area contributed by atoms with Gasteiger partial charge in [-0.3, -0.25) is 4.79 Å². The molecule has 0 saturated carbocycles. The highest BCUT2D eigenvalue weighted by molar-refractivity contribution is 5.94. The first-order valence-corrected chi connectivity index (χ1v) is 5.66. The van der Waals surface area contributed by atoms with Gasteiger partial charge in [0.1, 0.15) is 0 Å². The van der Waals surface area contributed by atoms with Crippen molar-refractivity contribution in [2.45, 2.75) is 26.2 Å². The van der Waals surface area contributed by atoms with Crippen LogP contribution in [0.3, 0.4) is 0 Å². The van der Waals surface area contributed by atoms with Gasteiger partial charge in [-0.1, -0.05) is 13.3 Å². The van der Waals surface area contributed by atoms with Crippen molar-refractivity contribution in [3.8, 4) is 0 Å². The van der Waals surface area contributed by atoms with Gasteiger partial charge in [0.25, 0.3) is 0 Å². The van der Waals surface area contributed by atoms with Crippen molar-refractivity contribution >= 4 is 17.6 Å². The number of aromatic carboxylic acids is 1. The third kappa shape index (κ3) is 3.59. The van der Waals surface area contributed by atoms with Crippen LogP contribution >= 0.6 is 0 Å². The van der Waals surface area contributed by atoms with Crippen molar-refractivity contribution in [2.24, 2.45) is 0 Å². The molecule has 0 aliphatic carbocycles. The minimum Gasteiger partial charge on any atom is -0.478 e. The molecule has 0 fully saturated rings. The Hall–Kier alpha value is -1.84. The first-order valence-electron chi connectivity index (χ1n) is 5.66. The summed E-state index contributed by atoms with van der Waals surface area (Å²) in [5.74, 6) is -0.911. The molecule has 1 amide bonds. The SMILES string of the molecule is CCCCC(=O)N(C)c1ccc(C(=O)O)cc1.